The van der Waals surface area contributed by atoms with Gasteiger partial charge >= 0.3 is 6.09 Å². The molecule has 140 valence electrons. The molecule has 1 aromatic carbocycles. The summed E-state index contributed by atoms with van der Waals surface area (Å²) in [5, 5.41) is 12.4. The van der Waals surface area contributed by atoms with Crippen LogP contribution in [0.2, 0.25) is 0 Å². The number of nitrogens with zero attached hydrogens (tertiary/aromatic N) is 1. The van der Waals surface area contributed by atoms with Crippen LogP contribution >= 0.6 is 15.9 Å². The summed E-state index contributed by atoms with van der Waals surface area (Å²) < 4.78 is 6.77. The Balaban J connectivity index is 1.59. The quantitative estimate of drug-likeness (QED) is 0.759. The first kappa shape index (κ1) is 17.9. The zero-order valence-corrected chi connectivity index (χ0v) is 16.9. The van der Waals surface area contributed by atoms with Crippen molar-refractivity contribution in [1.82, 2.24) is 9.88 Å². The first-order valence-corrected chi connectivity index (χ1v) is 10.1. The Kier molecular flexibility index (Phi) is 4.31. The van der Waals surface area contributed by atoms with Crippen LogP contribution < -0.4 is 0 Å². The SMILES string of the molecule is Cc1[nH]c2ccc(Br)cc2c1CCN1C(=O)OC2(CCCCC2)C1(C)O. The van der Waals surface area contributed by atoms with Crippen molar-refractivity contribution in [3.63, 3.8) is 0 Å². The van der Waals surface area contributed by atoms with E-state index in [1.54, 1.807) is 6.92 Å². The second-order valence-corrected chi connectivity index (χ2v) is 8.68. The van der Waals surface area contributed by atoms with Crippen LogP contribution in [0.4, 0.5) is 4.79 Å². The number of aryl methyl sites for hydroxylation is 1. The van der Waals surface area contributed by atoms with E-state index in [9.17, 15) is 9.90 Å². The van der Waals surface area contributed by atoms with Gasteiger partial charge < -0.3 is 14.8 Å². The van der Waals surface area contributed by atoms with Gasteiger partial charge in [0, 0.05) is 27.6 Å². The normalized spacial score (nSPS) is 25.2. The van der Waals surface area contributed by atoms with E-state index < -0.39 is 17.4 Å². The lowest BCUT2D eigenvalue weighted by molar-refractivity contribution is -0.158. The first-order valence-electron chi connectivity index (χ1n) is 9.34. The van der Waals surface area contributed by atoms with Gasteiger partial charge in [-0.3, -0.25) is 4.90 Å². The van der Waals surface area contributed by atoms with Crippen LogP contribution in [0.3, 0.4) is 0 Å². The van der Waals surface area contributed by atoms with Crippen LogP contribution in [0.25, 0.3) is 10.9 Å². The standard InChI is InChI=1S/C20H25BrN2O3/c1-13-15(16-12-14(21)6-7-17(16)22-13)8-11-23-18(24)26-20(19(23,2)25)9-4-3-5-10-20/h6-7,12,22,25H,3-5,8-11H2,1-2H3. The predicted octanol–water partition coefficient (Wildman–Crippen LogP) is 4.64. The third kappa shape index (κ3) is 2.65. The zero-order valence-electron chi connectivity index (χ0n) is 15.3. The number of halogens is 1. The highest BCUT2D eigenvalue weighted by Crippen LogP contribution is 2.47. The Hall–Kier alpha value is -1.53. The van der Waals surface area contributed by atoms with E-state index in [1.807, 2.05) is 19.1 Å². The lowest BCUT2D eigenvalue weighted by atomic mass is 9.77. The Morgan fingerprint density at radius 3 is 2.77 bits per heavy atom. The molecule has 5 nitrogen and oxygen atoms in total. The van der Waals surface area contributed by atoms with Crippen LogP contribution in [0.1, 0.15) is 50.3 Å². The molecule has 1 aliphatic carbocycles. The fourth-order valence-electron chi connectivity index (χ4n) is 4.65. The highest BCUT2D eigenvalue weighted by molar-refractivity contribution is 9.10. The van der Waals surface area contributed by atoms with Gasteiger partial charge in [-0.1, -0.05) is 22.4 Å². The van der Waals surface area contributed by atoms with E-state index in [1.165, 1.54) is 10.5 Å². The molecule has 2 heterocycles. The Labute approximate surface area is 161 Å². The van der Waals surface area contributed by atoms with Gasteiger partial charge in [-0.15, -0.1) is 0 Å². The number of hydrogen-bond acceptors (Lipinski definition) is 3. The van der Waals surface area contributed by atoms with Crippen molar-refractivity contribution >= 4 is 32.9 Å². The van der Waals surface area contributed by atoms with Crippen LogP contribution in [0.15, 0.2) is 22.7 Å². The molecule has 2 aliphatic rings. The van der Waals surface area contributed by atoms with Crippen molar-refractivity contribution in [3.05, 3.63) is 33.9 Å². The summed E-state index contributed by atoms with van der Waals surface area (Å²) >= 11 is 3.53. The van der Waals surface area contributed by atoms with E-state index in [-0.39, 0.29) is 0 Å². The number of aromatic amines is 1. The molecule has 1 saturated carbocycles. The minimum Gasteiger partial charge on any atom is -0.438 e. The van der Waals surface area contributed by atoms with Gasteiger partial charge in [0.05, 0.1) is 0 Å². The molecule has 2 N–H and O–H groups in total. The molecule has 4 rings (SSSR count). The van der Waals surface area contributed by atoms with Gasteiger partial charge in [-0.25, -0.2) is 4.79 Å². The summed E-state index contributed by atoms with van der Waals surface area (Å²) in [4.78, 5) is 17.5. The molecule has 1 amide bonds. The van der Waals surface area contributed by atoms with Gasteiger partial charge in [-0.2, -0.15) is 0 Å². The predicted molar refractivity (Wildman–Crippen MR) is 104 cm³/mol. The summed E-state index contributed by atoms with van der Waals surface area (Å²) in [6, 6.07) is 6.15. The number of ether oxygens (including phenoxy) is 1. The molecule has 2 fully saturated rings. The van der Waals surface area contributed by atoms with Crippen LogP contribution in [-0.2, 0) is 11.2 Å². The van der Waals surface area contributed by atoms with E-state index in [0.29, 0.717) is 13.0 Å². The zero-order chi connectivity index (χ0) is 18.5. The molecule has 1 aromatic heterocycles. The van der Waals surface area contributed by atoms with Crippen molar-refractivity contribution in [2.24, 2.45) is 0 Å². The topological polar surface area (TPSA) is 65.6 Å². The number of nitrogens with one attached hydrogen (secondary N) is 1. The lowest BCUT2D eigenvalue weighted by Gasteiger charge is -2.42. The number of aromatic nitrogens is 1. The second-order valence-electron chi connectivity index (χ2n) is 7.76. The van der Waals surface area contributed by atoms with Crippen molar-refractivity contribution in [2.75, 3.05) is 6.54 Å². The molecular formula is C20H25BrN2O3. The molecule has 1 saturated heterocycles. The fraction of sp³-hybridized carbons (Fsp3) is 0.550. The first-order chi connectivity index (χ1) is 12.3. The molecule has 6 heteroatoms. The van der Waals surface area contributed by atoms with Crippen LogP contribution in [0, 0.1) is 6.92 Å². The summed E-state index contributed by atoms with van der Waals surface area (Å²) in [6.07, 6.45) is 4.88. The van der Waals surface area contributed by atoms with Gasteiger partial charge in [0.2, 0.25) is 0 Å². The van der Waals surface area contributed by atoms with E-state index in [4.69, 9.17) is 4.74 Å². The number of carbonyl (C=O) groups is 1. The smallest absolute Gasteiger partial charge is 0.412 e. The average molecular weight is 421 g/mol. The number of carbonyl (C=O) groups excluding carboxylic acids is 1. The number of rotatable bonds is 3. The molecule has 1 atom stereocenters. The molecule has 0 radical (unpaired) electrons. The minimum absolute atomic E-state index is 0.393. The molecule has 1 unspecified atom stereocenters. The monoisotopic (exact) mass is 420 g/mol. The molecule has 2 aromatic rings. The number of H-pyrrole nitrogens is 1. The minimum atomic E-state index is -1.26. The maximum atomic E-state index is 12.6. The molecule has 1 aliphatic heterocycles. The molecular weight excluding hydrogens is 396 g/mol. The largest absolute Gasteiger partial charge is 0.438 e. The number of fused-ring (bicyclic) bond motifs is 1. The maximum absolute atomic E-state index is 12.6. The van der Waals surface area contributed by atoms with Gasteiger partial charge in [0.25, 0.3) is 0 Å². The molecule has 1 spiro atoms. The highest BCUT2D eigenvalue weighted by atomic mass is 79.9. The van der Waals surface area contributed by atoms with Crippen molar-refractivity contribution in [2.45, 2.75) is 63.7 Å². The number of benzene rings is 1. The third-order valence-corrected chi connectivity index (χ3v) is 6.71. The van der Waals surface area contributed by atoms with Gasteiger partial charge in [-0.05, 0) is 69.7 Å². The Bertz CT molecular complexity index is 852. The van der Waals surface area contributed by atoms with Crippen molar-refractivity contribution < 1.29 is 14.6 Å². The number of hydrogen-bond donors (Lipinski definition) is 2. The molecule has 26 heavy (non-hydrogen) atoms. The average Bonchev–Trinajstić information content (AvgIpc) is 2.98. The third-order valence-electron chi connectivity index (χ3n) is 6.22. The summed E-state index contributed by atoms with van der Waals surface area (Å²) in [5.41, 5.74) is 1.35. The second kappa shape index (κ2) is 6.27. The van der Waals surface area contributed by atoms with Crippen molar-refractivity contribution in [3.8, 4) is 0 Å². The number of aliphatic hydroxyl groups is 1. The maximum Gasteiger partial charge on any atom is 0.412 e. The summed E-state index contributed by atoms with van der Waals surface area (Å²) in [5.74, 6) is 0. The molecule has 0 bridgehead atoms. The number of amides is 1. The van der Waals surface area contributed by atoms with E-state index in [2.05, 4.69) is 27.0 Å². The lowest BCUT2D eigenvalue weighted by Crippen LogP contribution is -2.57. The van der Waals surface area contributed by atoms with Crippen LogP contribution in [0.5, 0.6) is 0 Å². The summed E-state index contributed by atoms with van der Waals surface area (Å²) in [7, 11) is 0. The summed E-state index contributed by atoms with van der Waals surface area (Å²) in [6.45, 7) is 4.22. The van der Waals surface area contributed by atoms with Gasteiger partial charge in [0.15, 0.2) is 11.3 Å². The Morgan fingerprint density at radius 2 is 2.04 bits per heavy atom. The van der Waals surface area contributed by atoms with Gasteiger partial charge in [0.1, 0.15) is 0 Å². The van der Waals surface area contributed by atoms with Crippen LogP contribution in [-0.4, -0.2) is 39.0 Å². The van der Waals surface area contributed by atoms with E-state index in [0.717, 1.165) is 53.2 Å². The highest BCUT2D eigenvalue weighted by Gasteiger charge is 2.61. The van der Waals surface area contributed by atoms with Crippen molar-refractivity contribution in [1.29, 1.82) is 0 Å². The Morgan fingerprint density at radius 1 is 1.31 bits per heavy atom. The fourth-order valence-corrected chi connectivity index (χ4v) is 5.01. The van der Waals surface area contributed by atoms with E-state index >= 15 is 0 Å².